The summed E-state index contributed by atoms with van der Waals surface area (Å²) in [4.78, 5) is 8.32. The van der Waals surface area contributed by atoms with Crippen LogP contribution in [0.1, 0.15) is 18.2 Å². The fourth-order valence-electron chi connectivity index (χ4n) is 1.57. The van der Waals surface area contributed by atoms with Gasteiger partial charge in [-0.05, 0) is 18.1 Å². The molecule has 0 amide bonds. The van der Waals surface area contributed by atoms with Crippen molar-refractivity contribution in [3.63, 3.8) is 0 Å². The zero-order chi connectivity index (χ0) is 12.1. The first-order valence-corrected chi connectivity index (χ1v) is 5.67. The Labute approximate surface area is 101 Å². The molecule has 0 aliphatic heterocycles. The highest BCUT2D eigenvalue weighted by Crippen LogP contribution is 2.12. The van der Waals surface area contributed by atoms with Crippen LogP contribution in [0, 0.1) is 0 Å². The van der Waals surface area contributed by atoms with E-state index in [1.165, 1.54) is 0 Å². The van der Waals surface area contributed by atoms with Crippen molar-refractivity contribution in [2.24, 2.45) is 0 Å². The molecule has 4 heteroatoms. The second kappa shape index (κ2) is 5.30. The predicted octanol–water partition coefficient (Wildman–Crippen LogP) is 2.23. The number of nitrogens with one attached hydrogen (secondary N) is 1. The highest BCUT2D eigenvalue weighted by molar-refractivity contribution is 5.48. The summed E-state index contributed by atoms with van der Waals surface area (Å²) in [6.07, 6.45) is 2.49. The Balaban J connectivity index is 2.05. The largest absolute Gasteiger partial charge is 0.398 e. The highest BCUT2D eigenvalue weighted by Gasteiger charge is 1.99. The van der Waals surface area contributed by atoms with Crippen LogP contribution in [0.2, 0.25) is 0 Å². The molecule has 0 saturated carbocycles. The Morgan fingerprint density at radius 2 is 2.06 bits per heavy atom. The van der Waals surface area contributed by atoms with Gasteiger partial charge in [-0.3, -0.25) is 0 Å². The third-order valence-corrected chi connectivity index (χ3v) is 2.60. The Hall–Kier alpha value is -2.10. The molecule has 0 saturated heterocycles. The van der Waals surface area contributed by atoms with Crippen LogP contribution < -0.4 is 11.1 Å². The summed E-state index contributed by atoms with van der Waals surface area (Å²) in [5, 5.41) is 3.25. The third-order valence-electron chi connectivity index (χ3n) is 2.60. The first-order chi connectivity index (χ1) is 8.29. The second-order valence-electron chi connectivity index (χ2n) is 3.80. The Morgan fingerprint density at radius 1 is 1.24 bits per heavy atom. The number of nitrogens with two attached hydrogens (primary N) is 1. The van der Waals surface area contributed by atoms with Crippen molar-refractivity contribution in [2.45, 2.75) is 19.9 Å². The van der Waals surface area contributed by atoms with Gasteiger partial charge in [-0.2, -0.15) is 0 Å². The van der Waals surface area contributed by atoms with E-state index in [9.17, 15) is 0 Å². The summed E-state index contributed by atoms with van der Waals surface area (Å²) in [7, 11) is 0. The van der Waals surface area contributed by atoms with Gasteiger partial charge in [0.2, 0.25) is 0 Å². The number of hydrogen-bond donors (Lipinski definition) is 2. The van der Waals surface area contributed by atoms with Crippen molar-refractivity contribution >= 4 is 11.5 Å². The van der Waals surface area contributed by atoms with E-state index >= 15 is 0 Å². The van der Waals surface area contributed by atoms with E-state index < -0.39 is 0 Å². The summed E-state index contributed by atoms with van der Waals surface area (Å²) < 4.78 is 0. The van der Waals surface area contributed by atoms with Crippen LogP contribution in [0.15, 0.2) is 36.7 Å². The minimum Gasteiger partial charge on any atom is -0.398 e. The first-order valence-electron chi connectivity index (χ1n) is 5.67. The summed E-state index contributed by atoms with van der Waals surface area (Å²) in [6.45, 7) is 2.74. The summed E-state index contributed by atoms with van der Waals surface area (Å²) in [5.74, 6) is 0.833. The molecular formula is C13H16N4. The van der Waals surface area contributed by atoms with Crippen LogP contribution in [0.25, 0.3) is 0 Å². The monoisotopic (exact) mass is 228 g/mol. The predicted molar refractivity (Wildman–Crippen MR) is 69.6 cm³/mol. The lowest BCUT2D eigenvalue weighted by atomic mass is 10.2. The molecular weight excluding hydrogens is 212 g/mol. The van der Waals surface area contributed by atoms with E-state index in [0.717, 1.165) is 29.2 Å². The van der Waals surface area contributed by atoms with Gasteiger partial charge in [0.25, 0.3) is 0 Å². The van der Waals surface area contributed by atoms with Crippen molar-refractivity contribution in [3.8, 4) is 0 Å². The van der Waals surface area contributed by atoms with Gasteiger partial charge in [-0.1, -0.05) is 25.1 Å². The van der Waals surface area contributed by atoms with Crippen molar-refractivity contribution in [3.05, 3.63) is 47.9 Å². The topological polar surface area (TPSA) is 63.8 Å². The minimum absolute atomic E-state index is 0.673. The molecule has 0 radical (unpaired) electrons. The average molecular weight is 228 g/mol. The van der Waals surface area contributed by atoms with Gasteiger partial charge < -0.3 is 11.1 Å². The number of benzene rings is 1. The molecule has 1 aromatic heterocycles. The molecule has 17 heavy (non-hydrogen) atoms. The van der Waals surface area contributed by atoms with Crippen molar-refractivity contribution < 1.29 is 0 Å². The number of nitrogen functional groups attached to an aromatic ring is 1. The van der Waals surface area contributed by atoms with Crippen LogP contribution in [-0.2, 0) is 13.0 Å². The Morgan fingerprint density at radius 3 is 2.82 bits per heavy atom. The number of nitrogens with zero attached hydrogens (tertiary/aromatic N) is 2. The number of rotatable bonds is 4. The molecule has 3 N–H and O–H groups in total. The van der Waals surface area contributed by atoms with Crippen LogP contribution in [-0.4, -0.2) is 9.97 Å². The SMILES string of the molecule is CCc1cc(NCc2ccccc2N)ncn1. The summed E-state index contributed by atoms with van der Waals surface area (Å²) >= 11 is 0. The number of para-hydroxylation sites is 1. The lowest BCUT2D eigenvalue weighted by Crippen LogP contribution is -2.04. The summed E-state index contributed by atoms with van der Waals surface area (Å²) in [5.41, 5.74) is 8.77. The molecule has 0 spiro atoms. The minimum atomic E-state index is 0.673. The molecule has 0 atom stereocenters. The molecule has 1 aromatic carbocycles. The van der Waals surface area contributed by atoms with Gasteiger partial charge in [-0.15, -0.1) is 0 Å². The maximum atomic E-state index is 5.87. The van der Waals surface area contributed by atoms with Crippen molar-refractivity contribution in [1.29, 1.82) is 0 Å². The van der Waals surface area contributed by atoms with Gasteiger partial charge in [0.05, 0.1) is 0 Å². The van der Waals surface area contributed by atoms with E-state index in [1.54, 1.807) is 6.33 Å². The van der Waals surface area contributed by atoms with Crippen LogP contribution in [0.4, 0.5) is 11.5 Å². The van der Waals surface area contributed by atoms with E-state index in [0.29, 0.717) is 6.54 Å². The normalized spacial score (nSPS) is 10.2. The first kappa shape index (κ1) is 11.4. The Bertz CT molecular complexity index is 496. The number of anilines is 2. The summed E-state index contributed by atoms with van der Waals surface area (Å²) in [6, 6.07) is 9.77. The number of aromatic nitrogens is 2. The van der Waals surface area contributed by atoms with E-state index in [4.69, 9.17) is 5.73 Å². The van der Waals surface area contributed by atoms with Crippen molar-refractivity contribution in [2.75, 3.05) is 11.1 Å². The van der Waals surface area contributed by atoms with E-state index in [2.05, 4.69) is 22.2 Å². The number of aryl methyl sites for hydroxylation is 1. The van der Waals surface area contributed by atoms with Crippen LogP contribution in [0.3, 0.4) is 0 Å². The zero-order valence-corrected chi connectivity index (χ0v) is 9.85. The van der Waals surface area contributed by atoms with E-state index in [-0.39, 0.29) is 0 Å². The average Bonchev–Trinajstić information content (AvgIpc) is 2.38. The maximum absolute atomic E-state index is 5.87. The molecule has 4 nitrogen and oxygen atoms in total. The lowest BCUT2D eigenvalue weighted by molar-refractivity contribution is 0.987. The van der Waals surface area contributed by atoms with Gasteiger partial charge in [0, 0.05) is 24.0 Å². The fourth-order valence-corrected chi connectivity index (χ4v) is 1.57. The highest BCUT2D eigenvalue weighted by atomic mass is 15.0. The maximum Gasteiger partial charge on any atom is 0.129 e. The smallest absolute Gasteiger partial charge is 0.129 e. The molecule has 0 bridgehead atoms. The second-order valence-corrected chi connectivity index (χ2v) is 3.80. The molecule has 1 heterocycles. The standard InChI is InChI=1S/C13H16N4/c1-2-11-7-13(17-9-16-11)15-8-10-5-3-4-6-12(10)14/h3-7,9H,2,8,14H2,1H3,(H,15,16,17). The lowest BCUT2D eigenvalue weighted by Gasteiger charge is -2.08. The van der Waals surface area contributed by atoms with Gasteiger partial charge in [0.15, 0.2) is 0 Å². The fraction of sp³-hybridized carbons (Fsp3) is 0.231. The number of hydrogen-bond acceptors (Lipinski definition) is 4. The quantitative estimate of drug-likeness (QED) is 0.788. The zero-order valence-electron chi connectivity index (χ0n) is 9.85. The van der Waals surface area contributed by atoms with Gasteiger partial charge >= 0.3 is 0 Å². The Kier molecular flexibility index (Phi) is 3.55. The van der Waals surface area contributed by atoms with E-state index in [1.807, 2.05) is 30.3 Å². The third kappa shape index (κ3) is 2.93. The van der Waals surface area contributed by atoms with Gasteiger partial charge in [-0.25, -0.2) is 9.97 Å². The van der Waals surface area contributed by atoms with Crippen molar-refractivity contribution in [1.82, 2.24) is 9.97 Å². The molecule has 2 rings (SSSR count). The molecule has 0 fully saturated rings. The van der Waals surface area contributed by atoms with Gasteiger partial charge in [0.1, 0.15) is 12.1 Å². The molecule has 0 aliphatic rings. The molecule has 0 aliphatic carbocycles. The molecule has 2 aromatic rings. The molecule has 88 valence electrons. The molecule has 0 unspecified atom stereocenters. The van der Waals surface area contributed by atoms with Crippen LogP contribution >= 0.6 is 0 Å². The van der Waals surface area contributed by atoms with Crippen LogP contribution in [0.5, 0.6) is 0 Å².